The number of nitrogens with zero attached hydrogens (tertiary/aromatic N) is 3. The number of anilines is 2. The Morgan fingerprint density at radius 2 is 1.83 bits per heavy atom. The number of rotatable bonds is 9. The molecule has 1 aliphatic heterocycles. The van der Waals surface area contributed by atoms with Gasteiger partial charge in [0, 0.05) is 51.5 Å². The molecule has 1 fully saturated rings. The van der Waals surface area contributed by atoms with Gasteiger partial charge >= 0.3 is 0 Å². The molecule has 1 saturated heterocycles. The predicted molar refractivity (Wildman–Crippen MR) is 120 cm³/mol. The van der Waals surface area contributed by atoms with E-state index in [-0.39, 0.29) is 5.91 Å². The van der Waals surface area contributed by atoms with Gasteiger partial charge < -0.3 is 10.2 Å². The van der Waals surface area contributed by atoms with E-state index in [9.17, 15) is 4.79 Å². The standard InChI is InChI=1S/C24H34N4O/c1-3-6-20(2)19-24(29)26-22-7-4-5-8-23(22)28-17-15-27(16-18-28)14-11-21-9-12-25-13-10-21/h4-5,7-10,12-13,20H,3,6,11,14-19H2,1-2H3,(H,26,29). The largest absolute Gasteiger partial charge is 0.367 e. The third-order valence-electron chi connectivity index (χ3n) is 5.67. The summed E-state index contributed by atoms with van der Waals surface area (Å²) in [4.78, 5) is 21.5. The van der Waals surface area contributed by atoms with Crippen molar-refractivity contribution in [2.24, 2.45) is 5.92 Å². The molecular weight excluding hydrogens is 360 g/mol. The summed E-state index contributed by atoms with van der Waals surface area (Å²) in [5.74, 6) is 0.547. The number of para-hydroxylation sites is 2. The summed E-state index contributed by atoms with van der Waals surface area (Å²) in [7, 11) is 0. The number of hydrogen-bond acceptors (Lipinski definition) is 4. The van der Waals surface area contributed by atoms with Gasteiger partial charge in [-0.05, 0) is 42.2 Å². The van der Waals surface area contributed by atoms with Crippen molar-refractivity contribution in [3.8, 4) is 0 Å². The average Bonchev–Trinajstić information content (AvgIpc) is 2.74. The van der Waals surface area contributed by atoms with Gasteiger partial charge in [0.2, 0.25) is 5.91 Å². The molecule has 0 spiro atoms. The fourth-order valence-electron chi connectivity index (χ4n) is 4.02. The van der Waals surface area contributed by atoms with E-state index in [2.05, 4.69) is 58.2 Å². The van der Waals surface area contributed by atoms with E-state index in [4.69, 9.17) is 0 Å². The Labute approximate surface area is 175 Å². The van der Waals surface area contributed by atoms with Crippen molar-refractivity contribution in [2.45, 2.75) is 39.5 Å². The van der Waals surface area contributed by atoms with Crippen molar-refractivity contribution in [2.75, 3.05) is 42.9 Å². The summed E-state index contributed by atoms with van der Waals surface area (Å²) < 4.78 is 0. The van der Waals surface area contributed by atoms with Crippen LogP contribution in [0.4, 0.5) is 11.4 Å². The summed E-state index contributed by atoms with van der Waals surface area (Å²) in [5.41, 5.74) is 3.41. The van der Waals surface area contributed by atoms with Gasteiger partial charge in [0.15, 0.2) is 0 Å². The molecule has 5 heteroatoms. The van der Waals surface area contributed by atoms with Crippen molar-refractivity contribution >= 4 is 17.3 Å². The van der Waals surface area contributed by atoms with Gasteiger partial charge in [-0.25, -0.2) is 0 Å². The van der Waals surface area contributed by atoms with Gasteiger partial charge in [0.05, 0.1) is 11.4 Å². The highest BCUT2D eigenvalue weighted by Crippen LogP contribution is 2.27. The van der Waals surface area contributed by atoms with E-state index in [1.165, 1.54) is 5.56 Å². The first-order valence-electron chi connectivity index (χ1n) is 10.9. The van der Waals surface area contributed by atoms with Crippen molar-refractivity contribution in [1.82, 2.24) is 9.88 Å². The van der Waals surface area contributed by atoms with E-state index < -0.39 is 0 Å². The highest BCUT2D eigenvalue weighted by atomic mass is 16.1. The minimum atomic E-state index is 0.120. The quantitative estimate of drug-likeness (QED) is 0.692. The molecule has 0 bridgehead atoms. The molecule has 1 aromatic carbocycles. The number of amides is 1. The molecule has 1 amide bonds. The van der Waals surface area contributed by atoms with E-state index in [1.54, 1.807) is 0 Å². The van der Waals surface area contributed by atoms with Gasteiger partial charge in [0.1, 0.15) is 0 Å². The molecule has 3 rings (SSSR count). The van der Waals surface area contributed by atoms with Crippen LogP contribution >= 0.6 is 0 Å². The van der Waals surface area contributed by atoms with Gasteiger partial charge in [0.25, 0.3) is 0 Å². The lowest BCUT2D eigenvalue weighted by atomic mass is 10.0. The van der Waals surface area contributed by atoms with Crippen LogP contribution in [0.15, 0.2) is 48.8 Å². The molecular formula is C24H34N4O. The van der Waals surface area contributed by atoms with E-state index >= 15 is 0 Å². The SMILES string of the molecule is CCCC(C)CC(=O)Nc1ccccc1N1CCN(CCc2ccncc2)CC1. The van der Waals surface area contributed by atoms with Crippen molar-refractivity contribution < 1.29 is 4.79 Å². The number of hydrogen-bond donors (Lipinski definition) is 1. The molecule has 1 aliphatic rings. The first kappa shape index (κ1) is 21.3. The Kier molecular flexibility index (Phi) is 8.05. The summed E-state index contributed by atoms with van der Waals surface area (Å²) in [6, 6.07) is 12.4. The maximum atomic E-state index is 12.5. The lowest BCUT2D eigenvalue weighted by Crippen LogP contribution is -2.47. The molecule has 2 heterocycles. The Morgan fingerprint density at radius 3 is 2.55 bits per heavy atom. The number of carbonyl (C=O) groups is 1. The Bertz CT molecular complexity index is 756. The van der Waals surface area contributed by atoms with E-state index in [1.807, 2.05) is 24.5 Å². The number of benzene rings is 1. The minimum Gasteiger partial charge on any atom is -0.367 e. The van der Waals surface area contributed by atoms with Crippen molar-refractivity contribution in [3.05, 3.63) is 54.4 Å². The van der Waals surface area contributed by atoms with Crippen LogP contribution in [-0.4, -0.2) is 48.5 Å². The lowest BCUT2D eigenvalue weighted by Gasteiger charge is -2.37. The number of pyridine rings is 1. The predicted octanol–water partition coefficient (Wildman–Crippen LogP) is 4.21. The zero-order valence-corrected chi connectivity index (χ0v) is 17.8. The van der Waals surface area contributed by atoms with Crippen LogP contribution < -0.4 is 10.2 Å². The molecule has 29 heavy (non-hydrogen) atoms. The zero-order valence-electron chi connectivity index (χ0n) is 17.8. The summed E-state index contributed by atoms with van der Waals surface area (Å²) in [5, 5.41) is 3.15. The first-order valence-corrected chi connectivity index (χ1v) is 10.9. The summed E-state index contributed by atoms with van der Waals surface area (Å²) in [6.45, 7) is 9.44. The van der Waals surface area contributed by atoms with Crippen LogP contribution in [0.3, 0.4) is 0 Å². The van der Waals surface area contributed by atoms with Crippen LogP contribution in [-0.2, 0) is 11.2 Å². The first-order chi connectivity index (χ1) is 14.2. The van der Waals surface area contributed by atoms with Gasteiger partial charge in [-0.3, -0.25) is 14.7 Å². The van der Waals surface area contributed by atoms with Gasteiger partial charge in [-0.1, -0.05) is 38.8 Å². The second-order valence-corrected chi connectivity index (χ2v) is 8.10. The molecule has 0 aliphatic carbocycles. The highest BCUT2D eigenvalue weighted by molar-refractivity contribution is 5.94. The normalized spacial score (nSPS) is 15.9. The fourth-order valence-corrected chi connectivity index (χ4v) is 4.02. The molecule has 2 aromatic rings. The smallest absolute Gasteiger partial charge is 0.224 e. The van der Waals surface area contributed by atoms with Gasteiger partial charge in [-0.15, -0.1) is 0 Å². The van der Waals surface area contributed by atoms with E-state index in [0.717, 1.165) is 63.4 Å². The van der Waals surface area contributed by atoms with Crippen molar-refractivity contribution in [1.29, 1.82) is 0 Å². The maximum absolute atomic E-state index is 12.5. The fraction of sp³-hybridized carbons (Fsp3) is 0.500. The van der Waals surface area contributed by atoms with E-state index in [0.29, 0.717) is 12.3 Å². The molecule has 1 N–H and O–H groups in total. The maximum Gasteiger partial charge on any atom is 0.224 e. The molecule has 1 atom stereocenters. The minimum absolute atomic E-state index is 0.120. The van der Waals surface area contributed by atoms with Gasteiger partial charge in [-0.2, -0.15) is 0 Å². The molecule has 0 saturated carbocycles. The number of carbonyl (C=O) groups excluding carboxylic acids is 1. The lowest BCUT2D eigenvalue weighted by molar-refractivity contribution is -0.117. The second kappa shape index (κ2) is 11.0. The number of aromatic nitrogens is 1. The Balaban J connectivity index is 1.52. The van der Waals surface area contributed by atoms with Crippen LogP contribution in [0.2, 0.25) is 0 Å². The van der Waals surface area contributed by atoms with Crippen LogP contribution in [0.1, 0.15) is 38.7 Å². The summed E-state index contributed by atoms with van der Waals surface area (Å²) >= 11 is 0. The molecule has 156 valence electrons. The van der Waals surface area contributed by atoms with Crippen LogP contribution in [0.5, 0.6) is 0 Å². The monoisotopic (exact) mass is 394 g/mol. The van der Waals surface area contributed by atoms with Crippen LogP contribution in [0.25, 0.3) is 0 Å². The molecule has 1 unspecified atom stereocenters. The average molecular weight is 395 g/mol. The molecule has 0 radical (unpaired) electrons. The summed E-state index contributed by atoms with van der Waals surface area (Å²) in [6.07, 6.45) is 7.59. The highest BCUT2D eigenvalue weighted by Gasteiger charge is 2.20. The second-order valence-electron chi connectivity index (χ2n) is 8.10. The number of nitrogens with one attached hydrogen (secondary N) is 1. The molecule has 5 nitrogen and oxygen atoms in total. The third-order valence-corrected chi connectivity index (χ3v) is 5.67. The van der Waals surface area contributed by atoms with Crippen LogP contribution in [0, 0.1) is 5.92 Å². The molecule has 1 aromatic heterocycles. The van der Waals surface area contributed by atoms with Crippen molar-refractivity contribution in [3.63, 3.8) is 0 Å². The Hall–Kier alpha value is -2.40. The zero-order chi connectivity index (χ0) is 20.5. The number of piperazine rings is 1. The third kappa shape index (κ3) is 6.57. The Morgan fingerprint density at radius 1 is 1.10 bits per heavy atom. The topological polar surface area (TPSA) is 48.5 Å².